The smallest absolute Gasteiger partial charge is 0.355 e. The summed E-state index contributed by atoms with van der Waals surface area (Å²) < 4.78 is 56.2. The van der Waals surface area contributed by atoms with Crippen molar-refractivity contribution in [2.45, 2.75) is 144 Å². The van der Waals surface area contributed by atoms with Gasteiger partial charge in [-0.3, -0.25) is 9.36 Å². The monoisotopic (exact) mass is 1190 g/mol. The Morgan fingerprint density at radius 2 is 1.01 bits per heavy atom. The first-order valence-electron chi connectivity index (χ1n) is 32.1. The summed E-state index contributed by atoms with van der Waals surface area (Å²) in [5.74, 6) is 1.34. The molecule has 88 heavy (non-hydrogen) atoms. The van der Waals surface area contributed by atoms with Gasteiger partial charge in [0.15, 0.2) is 0 Å². The van der Waals surface area contributed by atoms with Gasteiger partial charge < -0.3 is 47.0 Å². The van der Waals surface area contributed by atoms with Gasteiger partial charge in [0.05, 0.1) is 86.7 Å². The molecule has 0 N–H and O–H groups in total. The number of nitrogens with zero attached hydrogens (tertiary/aromatic N) is 6. The Morgan fingerprint density at radius 3 is 1.57 bits per heavy atom. The second-order valence-corrected chi connectivity index (χ2v) is 22.9. The molecule has 0 unspecified atom stereocenters. The molecule has 16 heteroatoms. The molecule has 5 aromatic carbocycles. The van der Waals surface area contributed by atoms with Crippen LogP contribution in [0.1, 0.15) is 145 Å². The highest BCUT2D eigenvalue weighted by atomic mass is 16.5. The molecule has 6 heterocycles. The molecule has 0 saturated carbocycles. The number of aromatic nitrogens is 6. The Balaban J connectivity index is 0.000000182. The normalized spacial score (nSPS) is 14.2. The summed E-state index contributed by atoms with van der Waals surface area (Å²) in [5.41, 5.74) is 16.1. The number of esters is 2. The van der Waals surface area contributed by atoms with E-state index in [-0.39, 0.29) is 11.9 Å². The number of hydrogen-bond donors (Lipinski definition) is 0. The van der Waals surface area contributed by atoms with E-state index >= 15 is 0 Å². The summed E-state index contributed by atoms with van der Waals surface area (Å²) in [6, 6.07) is 33.6. The molecule has 0 bridgehead atoms. The summed E-state index contributed by atoms with van der Waals surface area (Å²) in [6.45, 7) is 15.1. The lowest BCUT2D eigenvalue weighted by molar-refractivity contribution is 0.0502. The minimum atomic E-state index is -0.285. The lowest BCUT2D eigenvalue weighted by atomic mass is 9.91. The minimum Gasteiger partial charge on any atom is -0.493 e. The van der Waals surface area contributed by atoms with Gasteiger partial charge in [-0.25, -0.2) is 9.59 Å². The van der Waals surface area contributed by atoms with Crippen LogP contribution >= 0.6 is 0 Å². The van der Waals surface area contributed by atoms with Crippen LogP contribution in [0.2, 0.25) is 0 Å². The largest absolute Gasteiger partial charge is 0.493 e. The molecule has 0 spiro atoms. The van der Waals surface area contributed by atoms with Crippen LogP contribution in [0.15, 0.2) is 97.1 Å². The third kappa shape index (κ3) is 13.2. The fraction of sp³-hybridized carbons (Fsp3) is 0.444. The molecule has 9 aromatic rings. The zero-order valence-electron chi connectivity index (χ0n) is 52.4. The van der Waals surface area contributed by atoms with Gasteiger partial charge >= 0.3 is 11.9 Å². The molecule has 464 valence electrons. The van der Waals surface area contributed by atoms with Crippen molar-refractivity contribution in [3.05, 3.63) is 153 Å². The average Bonchev–Trinajstić information content (AvgIpc) is 1.67. The van der Waals surface area contributed by atoms with Crippen molar-refractivity contribution in [2.24, 2.45) is 14.1 Å². The Hall–Kier alpha value is -7.76. The van der Waals surface area contributed by atoms with Gasteiger partial charge in [-0.2, -0.15) is 10.2 Å². The number of hydrogen-bond acceptors (Lipinski definition) is 12. The maximum absolute atomic E-state index is 13.7. The Labute approximate surface area is 516 Å². The van der Waals surface area contributed by atoms with E-state index in [0.29, 0.717) is 117 Å². The predicted molar refractivity (Wildman–Crippen MR) is 343 cm³/mol. The number of benzene rings is 5. The quantitative estimate of drug-likeness (QED) is 0.0527. The number of carbonyl (C=O) groups is 2. The van der Waals surface area contributed by atoms with Gasteiger partial charge in [-0.1, -0.05) is 84.9 Å². The van der Waals surface area contributed by atoms with Crippen molar-refractivity contribution < 1.29 is 47.5 Å². The van der Waals surface area contributed by atoms with Crippen LogP contribution in [-0.4, -0.2) is 93.5 Å². The maximum Gasteiger partial charge on any atom is 0.355 e. The van der Waals surface area contributed by atoms with Crippen molar-refractivity contribution in [3.8, 4) is 33.8 Å². The lowest BCUT2D eigenvalue weighted by Crippen LogP contribution is -2.15. The SMILES string of the molecule is CCOCc1nn(C)c2c1-c1cccc3c(CCCOc4cccc5c4CCCC5)c(C(=O)OCC)n(c13)CCCCOC2.CCOCc1nn(C)c2c1-c1cccc3c(CCCOc4cccc5ccccc45)c(C(=O)OCC)n(c13)CCCCOC2. The molecule has 0 radical (unpaired) electrons. The molecule has 4 aromatic heterocycles. The summed E-state index contributed by atoms with van der Waals surface area (Å²) in [5, 5.41) is 14.1. The van der Waals surface area contributed by atoms with Gasteiger partial charge in [0.25, 0.3) is 0 Å². The van der Waals surface area contributed by atoms with Crippen molar-refractivity contribution >= 4 is 44.5 Å². The Kier molecular flexibility index (Phi) is 20.7. The molecule has 0 saturated heterocycles. The van der Waals surface area contributed by atoms with Crippen molar-refractivity contribution in [2.75, 3.05) is 52.9 Å². The third-order valence-corrected chi connectivity index (χ3v) is 17.3. The van der Waals surface area contributed by atoms with Crippen LogP contribution in [0.5, 0.6) is 11.5 Å². The highest BCUT2D eigenvalue weighted by Gasteiger charge is 2.31. The lowest BCUT2D eigenvalue weighted by Gasteiger charge is -2.19. The number of carbonyl (C=O) groups excluding carboxylic acids is 2. The van der Waals surface area contributed by atoms with Gasteiger partial charge in [-0.15, -0.1) is 0 Å². The first-order valence-corrected chi connectivity index (χ1v) is 32.1. The maximum atomic E-state index is 13.7. The number of rotatable bonds is 20. The van der Waals surface area contributed by atoms with Crippen molar-refractivity contribution in [1.29, 1.82) is 0 Å². The molecule has 12 rings (SSSR count). The van der Waals surface area contributed by atoms with Crippen molar-refractivity contribution in [3.63, 3.8) is 0 Å². The number of ether oxygens (including phenoxy) is 8. The van der Waals surface area contributed by atoms with E-state index < -0.39 is 0 Å². The fourth-order valence-corrected chi connectivity index (χ4v) is 13.3. The highest BCUT2D eigenvalue weighted by Crippen LogP contribution is 2.42. The Bertz CT molecular complexity index is 3880. The van der Waals surface area contributed by atoms with Gasteiger partial charge in [0.1, 0.15) is 22.9 Å². The second-order valence-electron chi connectivity index (χ2n) is 22.9. The molecular formula is C72H86N6O10. The summed E-state index contributed by atoms with van der Waals surface area (Å²) in [6.07, 6.45) is 11.2. The van der Waals surface area contributed by atoms with Crippen LogP contribution in [0.3, 0.4) is 0 Å². The molecule has 2 aliphatic heterocycles. The molecule has 0 fully saturated rings. The average molecular weight is 1200 g/mol. The van der Waals surface area contributed by atoms with Crippen LogP contribution in [0.25, 0.3) is 54.8 Å². The van der Waals surface area contributed by atoms with Crippen molar-refractivity contribution in [1.82, 2.24) is 28.7 Å². The number of para-hydroxylation sites is 2. The predicted octanol–water partition coefficient (Wildman–Crippen LogP) is 14.2. The molecular weight excluding hydrogens is 1110 g/mol. The zero-order chi connectivity index (χ0) is 60.9. The summed E-state index contributed by atoms with van der Waals surface area (Å²) in [7, 11) is 3.93. The summed E-state index contributed by atoms with van der Waals surface area (Å²) >= 11 is 0. The van der Waals surface area contributed by atoms with Crippen LogP contribution < -0.4 is 9.47 Å². The van der Waals surface area contributed by atoms with Gasteiger partial charge in [0, 0.05) is 92.0 Å². The minimum absolute atomic E-state index is 0.269. The first kappa shape index (κ1) is 61.9. The van der Waals surface area contributed by atoms with E-state index in [1.807, 2.05) is 75.4 Å². The molecule has 0 amide bonds. The van der Waals surface area contributed by atoms with E-state index in [9.17, 15) is 9.59 Å². The Morgan fingerprint density at radius 1 is 0.523 bits per heavy atom. The standard InChI is InChI=1S/C36H45N3O5.C36H41N3O5/c2*1-4-41-23-30-33-29-17-11-16-27-28(18-12-22-44-32-19-10-14-25-13-6-7-15-26(25)32)35(36(40)43-5-2)39(34(27)29)20-8-9-21-42-24-31(33)38(3)37-30/h10-11,14,16-17,19H,4-9,12-13,15,18,20-24H2,1-3H3;6-7,10-11,13-17,19H,4-5,8-9,12,18,20-24H2,1-3H3. The van der Waals surface area contributed by atoms with Crippen LogP contribution in [0, 0.1) is 0 Å². The highest BCUT2D eigenvalue weighted by molar-refractivity contribution is 6.06. The van der Waals surface area contributed by atoms with E-state index in [4.69, 9.17) is 48.1 Å². The fourth-order valence-electron chi connectivity index (χ4n) is 13.3. The zero-order valence-corrected chi connectivity index (χ0v) is 52.4. The number of aryl methyl sites for hydroxylation is 7. The third-order valence-electron chi connectivity index (χ3n) is 17.3. The van der Waals surface area contributed by atoms with E-state index in [1.54, 1.807) is 0 Å². The van der Waals surface area contributed by atoms with Gasteiger partial charge in [-0.05, 0) is 145 Å². The van der Waals surface area contributed by atoms with Crippen LogP contribution in [-0.2, 0) is 108 Å². The van der Waals surface area contributed by atoms with E-state index in [0.717, 1.165) is 152 Å². The molecule has 16 nitrogen and oxygen atoms in total. The van der Waals surface area contributed by atoms with Gasteiger partial charge in [0.2, 0.25) is 0 Å². The molecule has 0 atom stereocenters. The molecule has 1 aliphatic carbocycles. The second kappa shape index (κ2) is 29.5. The first-order chi connectivity index (χ1) is 43.2. The van der Waals surface area contributed by atoms with E-state index in [2.05, 4.69) is 81.9 Å². The number of fused-ring (bicyclic) bond motifs is 6. The van der Waals surface area contributed by atoms with E-state index in [1.165, 1.54) is 24.0 Å². The summed E-state index contributed by atoms with van der Waals surface area (Å²) in [4.78, 5) is 27.4. The topological polar surface area (TPSA) is 153 Å². The van der Waals surface area contributed by atoms with Crippen LogP contribution in [0.4, 0.5) is 0 Å². The molecule has 3 aliphatic rings.